The third-order valence-electron chi connectivity index (χ3n) is 20.8. The number of nitrogens with two attached hydrogens (primary N) is 4. The lowest BCUT2D eigenvalue weighted by Crippen LogP contribution is -2.44. The van der Waals surface area contributed by atoms with Crippen LogP contribution in [-0.4, -0.2) is 225 Å². The van der Waals surface area contributed by atoms with E-state index in [9.17, 15) is 56.7 Å². The molecule has 17 rings (SSSR count). The molecule has 3 aliphatic heterocycles. The third kappa shape index (κ3) is 40.5. The van der Waals surface area contributed by atoms with Gasteiger partial charge in [0.2, 0.25) is 17.7 Å². The van der Waals surface area contributed by atoms with E-state index in [1.807, 2.05) is 43.5 Å². The molecule has 10 aromatic rings. The highest BCUT2D eigenvalue weighted by Gasteiger charge is 2.52. The van der Waals surface area contributed by atoms with E-state index in [0.717, 1.165) is 58.4 Å². The number of carboxylic acids is 1. The predicted octanol–water partition coefficient (Wildman–Crippen LogP) is 8.29. The fraction of sp³-hybridized carbons (Fsp3) is 0.463. The van der Waals surface area contributed by atoms with Gasteiger partial charge >= 0.3 is 25.0 Å². The standard InChI is InChI=1S/C22H22BrFN8O3.C16H21N5O3.C12H19BN2O2.C12H13N5O3.C10H11BrFN3O.C10H14BrN3O3.ClH.S5.S4.S3.S2.H2S/c23-17-2-1-3-18(27-17)28-22(35)16-6-13(24)9-31(16)19(33)11-30-10-15(20(29-30)21(25)34)12-7-26-32(8-12)14-4-5-14;1-16(2,3)24-13(22)9-20-8-12(14(19-20)15(17)23)10-6-18-21(7-10)11-4-5-11;1-11(2)12(3,4)17-13(16-11)9-7-14-15(8-9)10-5-6-10;13-12(20)11-9(5-16(15-11)6-10(18)19)7-3-14-17(4-7)8-1-2-8;11-8-2-1-3-9(14-8)15-10(16)7-4-6(12)5-13-7;1-10(2,3)17-7(15)5-14-4-6(11)8(13-14)9(12)16;;1-3-5-4-2;1-3-4-2;1-3-2;1-2;/h1-3,7-8,10,13-14,16H,4-6,9,11H2,(H2,25,34)(H,27,28,35);6-8,11H,4-5,9H2,1-3H3,(H2,17,23);7-8,10H,5-6H2,1-4H3;3-5,8H,1-2,6H2,(H2,13,20)(H,18,19);1-3,6-7,13H,4-5H2,(H,14,15,16);4H,5H2,1-3H3,(H2,12,16);1H;;;;;1H2/t13-,16+;;;;6-,7+;;;;;;;/m1...1......./s1. The first-order chi connectivity index (χ1) is 67.5. The van der Waals surface area contributed by atoms with Gasteiger partial charge in [-0.3, -0.25) is 85.4 Å². The van der Waals surface area contributed by atoms with Gasteiger partial charge in [-0.25, -0.2) is 18.7 Å². The molecule has 7 aliphatic rings. The van der Waals surface area contributed by atoms with Gasteiger partial charge in [-0.05, 0) is 193 Å². The summed E-state index contributed by atoms with van der Waals surface area (Å²) in [6, 6.07) is 10.6. The molecule has 0 unspecified atom stereocenters. The van der Waals surface area contributed by atoms with Gasteiger partial charge in [0, 0.05) is 257 Å². The van der Waals surface area contributed by atoms with Crippen LogP contribution >= 0.6 is 73.7 Å². The second kappa shape index (κ2) is 58.7. The Kier molecular flexibility index (Phi) is 50.7. The number of carbonyl (C=O) groups excluding carboxylic acids is 9. The minimum absolute atomic E-state index is 0. The summed E-state index contributed by atoms with van der Waals surface area (Å²) in [4.78, 5) is 127. The summed E-state index contributed by atoms with van der Waals surface area (Å²) in [6.45, 7) is 18.2. The molecule has 786 valence electrons. The maximum atomic E-state index is 14.3. The fourth-order valence-corrected chi connectivity index (χ4v) is 17.3. The molecule has 4 aliphatic carbocycles. The second-order valence-electron chi connectivity index (χ2n) is 35.0. The molecule has 3 saturated heterocycles. The Bertz CT molecular complexity index is 6450. The average molecular weight is 2500 g/mol. The molecule has 0 aromatic carbocycles. The van der Waals surface area contributed by atoms with E-state index in [0.29, 0.717) is 71.5 Å². The maximum Gasteiger partial charge on any atom is 0.498 e. The number of likely N-dealkylation sites (tertiary alicyclic amines) is 1. The summed E-state index contributed by atoms with van der Waals surface area (Å²) in [5, 5.41) is 50.2. The van der Waals surface area contributed by atoms with Gasteiger partial charge in [-0.2, -0.15) is 54.3 Å². The summed E-state index contributed by atoms with van der Waals surface area (Å²) in [5.41, 5.74) is 24.6. The van der Waals surface area contributed by atoms with Crippen molar-refractivity contribution < 1.29 is 80.6 Å². The van der Waals surface area contributed by atoms with Crippen molar-refractivity contribution in [3.63, 3.8) is 0 Å². The first-order valence-corrected chi connectivity index (χ1v) is 58.7. The van der Waals surface area contributed by atoms with Crippen LogP contribution < -0.4 is 44.3 Å². The molecule has 4 atom stereocenters. The molecular weight excluding hydrogens is 2390 g/mol. The van der Waals surface area contributed by atoms with E-state index in [1.165, 1.54) is 99.5 Å². The van der Waals surface area contributed by atoms with Crippen LogP contribution in [0.1, 0.15) is 200 Å². The van der Waals surface area contributed by atoms with Crippen molar-refractivity contribution >= 4 is 300 Å². The highest BCUT2D eigenvalue weighted by Crippen LogP contribution is 2.41. The molecule has 12 N–H and O–H groups in total. The monoisotopic (exact) mass is 2490 g/mol. The van der Waals surface area contributed by atoms with Gasteiger partial charge in [0.1, 0.15) is 76.6 Å². The molecule has 13 heterocycles. The summed E-state index contributed by atoms with van der Waals surface area (Å²) in [5.74, 6) is -5.16. The zero-order valence-corrected chi connectivity index (χ0v) is 96.9. The summed E-state index contributed by atoms with van der Waals surface area (Å²) >= 11 is 42.7. The maximum absolute atomic E-state index is 14.3. The number of nitrogens with zero attached hydrogens (tertiary/aromatic N) is 19. The highest BCUT2D eigenvalue weighted by molar-refractivity contribution is 9.11. The lowest BCUT2D eigenvalue weighted by Gasteiger charge is -2.32. The molecule has 7 amide bonds. The van der Waals surface area contributed by atoms with Crippen LogP contribution in [0.3, 0.4) is 0 Å². The Morgan fingerprint density at radius 1 is 0.517 bits per heavy atom. The lowest BCUT2D eigenvalue weighted by atomic mass is 9.82. The van der Waals surface area contributed by atoms with Crippen LogP contribution in [0.4, 0.5) is 20.4 Å². The van der Waals surface area contributed by atoms with Gasteiger partial charge in [0.05, 0.1) is 71.0 Å². The zero-order valence-electron chi connectivity index (χ0n) is 78.9. The Morgan fingerprint density at radius 3 is 1.21 bits per heavy atom. The molecule has 7 fully saturated rings. The number of nitrogens with one attached hydrogen (secondary N) is 3. The van der Waals surface area contributed by atoms with Crippen LogP contribution in [0.5, 0.6) is 0 Å². The first kappa shape index (κ1) is 125. The Morgan fingerprint density at radius 2 is 0.876 bits per heavy atom. The third-order valence-corrected chi connectivity index (χ3v) is 28.9. The molecule has 10 aromatic heterocycles. The second-order valence-corrected chi connectivity index (χ2v) is 48.1. The zero-order chi connectivity index (χ0) is 106. The van der Waals surface area contributed by atoms with Crippen molar-refractivity contribution in [1.29, 1.82) is 0 Å². The number of hydrogen-bond acceptors (Lipinski definition) is 33. The fourth-order valence-electron chi connectivity index (χ4n) is 13.3. The van der Waals surface area contributed by atoms with Crippen LogP contribution in [0.25, 0.3) is 33.4 Å². The number of primary amides is 4. The van der Waals surface area contributed by atoms with E-state index < -0.39 is 89.0 Å². The number of aliphatic carboxylic acids is 1. The van der Waals surface area contributed by atoms with E-state index >= 15 is 0 Å². The van der Waals surface area contributed by atoms with Crippen molar-refractivity contribution in [2.24, 2.45) is 22.9 Å². The minimum atomic E-state index is -1.34. The number of amides is 7. The Hall–Kier alpha value is -8.36. The van der Waals surface area contributed by atoms with Gasteiger partial charge < -0.3 is 67.7 Å². The van der Waals surface area contributed by atoms with Crippen LogP contribution in [0, 0.1) is 0 Å². The molecule has 4 saturated carbocycles. The van der Waals surface area contributed by atoms with E-state index in [4.69, 9.17) is 46.8 Å². The van der Waals surface area contributed by atoms with E-state index in [1.54, 1.807) is 103 Å². The molecular formula is C82H103BBr3ClF2N26O15S15. The molecule has 41 nitrogen and oxygen atoms in total. The Balaban J connectivity index is 0.000000263. The summed E-state index contributed by atoms with van der Waals surface area (Å²) in [7, 11) is 6.92. The largest absolute Gasteiger partial charge is 0.498 e. The first-order valence-electron chi connectivity index (χ1n) is 43.0. The van der Waals surface area contributed by atoms with Crippen LogP contribution in [0.2, 0.25) is 0 Å². The average Bonchev–Trinajstić information content (AvgIpc) is 1.61. The molecule has 63 heteroatoms. The van der Waals surface area contributed by atoms with Gasteiger partial charge in [0.25, 0.3) is 23.6 Å². The van der Waals surface area contributed by atoms with Crippen molar-refractivity contribution in [3.8, 4) is 33.4 Å². The number of pyridine rings is 2. The number of alkyl halides is 2. The number of halogens is 6. The summed E-state index contributed by atoms with van der Waals surface area (Å²) in [6.07, 6.45) is 27.4. The van der Waals surface area contributed by atoms with Crippen LogP contribution in [-0.2, 0) is 217 Å². The molecule has 0 bridgehead atoms. The highest BCUT2D eigenvalue weighted by atomic mass is 79.9. The number of ether oxygens (including phenoxy) is 2. The number of anilines is 2. The molecule has 0 radical (unpaired) electrons. The summed E-state index contributed by atoms with van der Waals surface area (Å²) < 4.78 is 63.9. The lowest BCUT2D eigenvalue weighted by molar-refractivity contribution is -0.156. The number of carbonyl (C=O) groups is 10. The quantitative estimate of drug-likeness (QED) is 0.0160. The van der Waals surface area contributed by atoms with Gasteiger partial charge in [-0.1, -0.05) is 12.1 Å². The number of rotatable bonds is 24. The predicted molar refractivity (Wildman–Crippen MR) is 593 cm³/mol. The smallest absolute Gasteiger partial charge is 0.480 e. The SMILES string of the molecule is CC(C)(C)OC(=O)Cn1cc(-c2cnn(C3CC3)c2)c(C(N)=O)n1.CC(C)(C)OC(=O)Cn1cc(Br)c(C(N)=O)n1.CC1(C)OB(c2cnn(C3CC3)c2)OC1(C)C.Cl.NC(=O)c1nn(CC(=O)N2C[C@H](F)C[C@H]2C(=O)Nc2cccc(Br)n2)cc1-c1cnn(C2CC2)c1.NC(=O)c1nn(CC(=O)O)cc1-c1cnn(C2CC2)c1.O=C(Nc1cccc(Br)n1)[C@@H]1C[C@@H](F)CN1.S.S=S.S=S=S.S=S=S=S.S=S=S=S=S. The van der Waals surface area contributed by atoms with Crippen molar-refractivity contribution in [2.75, 3.05) is 23.7 Å². The van der Waals surface area contributed by atoms with E-state index in [2.05, 4.69) is 238 Å². The molecule has 0 spiro atoms. The van der Waals surface area contributed by atoms with Gasteiger partial charge in [-0.15, -0.1) is 12.4 Å². The number of carboxylic acid groups (broad SMARTS) is 1. The number of aromatic nitrogens is 18. The molecule has 145 heavy (non-hydrogen) atoms. The topological polar surface area (TPSA) is 540 Å². The van der Waals surface area contributed by atoms with Crippen molar-refractivity contribution in [2.45, 2.75) is 231 Å². The minimum Gasteiger partial charge on any atom is -0.480 e. The van der Waals surface area contributed by atoms with Crippen molar-refractivity contribution in [1.82, 2.24) is 98.4 Å². The Labute approximate surface area is 927 Å². The van der Waals surface area contributed by atoms with Gasteiger partial charge in [0.15, 0.2) is 22.8 Å². The van der Waals surface area contributed by atoms with E-state index in [-0.39, 0.29) is 131 Å². The normalized spacial score (nSPS) is 16.7. The van der Waals surface area contributed by atoms with Crippen molar-refractivity contribution in [3.05, 3.63) is 147 Å². The number of hydrogen-bond donors (Lipinski definition) is 8. The van der Waals surface area contributed by atoms with Crippen LogP contribution in [0.15, 0.2) is 124 Å². The number of esters is 2.